The van der Waals surface area contributed by atoms with Gasteiger partial charge in [-0.2, -0.15) is 0 Å². The van der Waals surface area contributed by atoms with Crippen molar-refractivity contribution in [3.8, 4) is 5.75 Å². The Balaban J connectivity index is 3.04. The van der Waals surface area contributed by atoms with Gasteiger partial charge in [0.1, 0.15) is 5.75 Å². The van der Waals surface area contributed by atoms with Crippen molar-refractivity contribution in [3.63, 3.8) is 0 Å². The second-order valence-corrected chi connectivity index (χ2v) is 4.84. The largest absolute Gasteiger partial charge is 0.463 e. The first-order chi connectivity index (χ1) is 9.99. The predicted octanol–water partition coefficient (Wildman–Crippen LogP) is 3.49. The van der Waals surface area contributed by atoms with Gasteiger partial charge in [0.05, 0.1) is 28.8 Å². The average Bonchev–Trinajstić information content (AvgIpc) is 2.43. The lowest BCUT2D eigenvalue weighted by atomic mass is 10.3. The maximum absolute atomic E-state index is 11.8. The number of hydrogen-bond acceptors (Lipinski definition) is 5. The summed E-state index contributed by atoms with van der Waals surface area (Å²) in [5, 5.41) is 0.409. The smallest absolute Gasteiger partial charge is 0.374 e. The molecule has 0 aliphatic heterocycles. The second-order valence-electron chi connectivity index (χ2n) is 3.64. The first kappa shape index (κ1) is 17.5. The van der Waals surface area contributed by atoms with E-state index in [-0.39, 0.29) is 24.7 Å². The highest BCUT2D eigenvalue weighted by atomic mass is 79.9. The van der Waals surface area contributed by atoms with E-state index in [4.69, 9.17) is 25.8 Å². The zero-order chi connectivity index (χ0) is 15.8. The van der Waals surface area contributed by atoms with Crippen LogP contribution in [0.2, 0.25) is 5.02 Å². The van der Waals surface area contributed by atoms with E-state index >= 15 is 0 Å². The maximum Gasteiger partial charge on any atom is 0.374 e. The summed E-state index contributed by atoms with van der Waals surface area (Å²) in [6, 6.07) is 4.89. The van der Waals surface area contributed by atoms with Gasteiger partial charge in [-0.3, -0.25) is 0 Å². The van der Waals surface area contributed by atoms with E-state index in [1.165, 1.54) is 0 Å². The highest BCUT2D eigenvalue weighted by Crippen LogP contribution is 2.33. The molecular weight excluding hydrogens is 364 g/mol. The molecule has 0 amide bonds. The molecule has 5 nitrogen and oxygen atoms in total. The molecule has 0 atom stereocenters. The van der Waals surface area contributed by atoms with Gasteiger partial charge in [0.25, 0.3) is 0 Å². The van der Waals surface area contributed by atoms with Crippen LogP contribution in [0.1, 0.15) is 13.8 Å². The van der Waals surface area contributed by atoms with Gasteiger partial charge < -0.3 is 14.2 Å². The number of rotatable bonds is 6. The van der Waals surface area contributed by atoms with E-state index in [1.54, 1.807) is 32.0 Å². The summed E-state index contributed by atoms with van der Waals surface area (Å²) < 4.78 is 15.5. The third-order valence-electron chi connectivity index (χ3n) is 2.15. The van der Waals surface area contributed by atoms with Crippen molar-refractivity contribution >= 4 is 39.5 Å². The Morgan fingerprint density at radius 3 is 2.52 bits per heavy atom. The highest BCUT2D eigenvalue weighted by molar-refractivity contribution is 9.10. The van der Waals surface area contributed by atoms with Crippen LogP contribution in [0.3, 0.4) is 0 Å². The minimum absolute atomic E-state index is 0.152. The minimum Gasteiger partial charge on any atom is -0.463 e. The molecule has 0 unspecified atom stereocenters. The van der Waals surface area contributed by atoms with Gasteiger partial charge in [-0.25, -0.2) is 9.59 Å². The number of ether oxygens (including phenoxy) is 3. The molecule has 0 spiro atoms. The Morgan fingerprint density at radius 2 is 1.90 bits per heavy atom. The molecule has 0 aliphatic carbocycles. The standard InChI is InChI=1S/C14H14BrClO5/c1-3-19-12(17)8-11(14(18)20-4-2)21-10-7-5-6-9(16)13(10)15/h5-8H,3-4H2,1-2H3. The summed E-state index contributed by atoms with van der Waals surface area (Å²) in [7, 11) is 0. The zero-order valence-electron chi connectivity index (χ0n) is 11.5. The monoisotopic (exact) mass is 376 g/mol. The lowest BCUT2D eigenvalue weighted by Crippen LogP contribution is -2.15. The van der Waals surface area contributed by atoms with Crippen LogP contribution in [0.25, 0.3) is 0 Å². The quantitative estimate of drug-likeness (QED) is 0.431. The molecule has 0 radical (unpaired) electrons. The number of hydrogen-bond donors (Lipinski definition) is 0. The third kappa shape index (κ3) is 5.40. The Hall–Kier alpha value is -1.53. The summed E-state index contributed by atoms with van der Waals surface area (Å²) in [6.07, 6.45) is 0.939. The molecule has 0 aromatic heterocycles. The van der Waals surface area contributed by atoms with Crippen molar-refractivity contribution < 1.29 is 23.8 Å². The molecule has 0 aliphatic rings. The van der Waals surface area contributed by atoms with Crippen molar-refractivity contribution in [1.29, 1.82) is 0 Å². The third-order valence-corrected chi connectivity index (χ3v) is 3.51. The number of carbonyl (C=O) groups excluding carboxylic acids is 2. The Morgan fingerprint density at radius 1 is 1.24 bits per heavy atom. The Bertz CT molecular complexity index is 556. The van der Waals surface area contributed by atoms with Crippen LogP contribution in [0.4, 0.5) is 0 Å². The van der Waals surface area contributed by atoms with Gasteiger partial charge in [0.2, 0.25) is 5.76 Å². The zero-order valence-corrected chi connectivity index (χ0v) is 13.9. The number of esters is 2. The predicted molar refractivity (Wildman–Crippen MR) is 81.1 cm³/mol. The summed E-state index contributed by atoms with van der Waals surface area (Å²) in [4.78, 5) is 23.3. The van der Waals surface area contributed by atoms with Crippen molar-refractivity contribution in [2.75, 3.05) is 13.2 Å². The first-order valence-electron chi connectivity index (χ1n) is 6.17. The molecule has 0 fully saturated rings. The summed E-state index contributed by atoms with van der Waals surface area (Å²) in [5.41, 5.74) is 0. The average molecular weight is 378 g/mol. The van der Waals surface area contributed by atoms with Crippen molar-refractivity contribution in [2.24, 2.45) is 0 Å². The van der Waals surface area contributed by atoms with E-state index in [0.717, 1.165) is 6.08 Å². The van der Waals surface area contributed by atoms with Gasteiger partial charge in [0.15, 0.2) is 0 Å². The van der Waals surface area contributed by atoms with Crippen molar-refractivity contribution in [1.82, 2.24) is 0 Å². The lowest BCUT2D eigenvalue weighted by molar-refractivity contribution is -0.143. The molecule has 1 rings (SSSR count). The number of halogens is 2. The van der Waals surface area contributed by atoms with Crippen molar-refractivity contribution in [3.05, 3.63) is 39.5 Å². The van der Waals surface area contributed by atoms with E-state index in [1.807, 2.05) is 0 Å². The fourth-order valence-electron chi connectivity index (χ4n) is 1.30. The molecule has 0 N–H and O–H groups in total. The van der Waals surface area contributed by atoms with E-state index in [9.17, 15) is 9.59 Å². The highest BCUT2D eigenvalue weighted by Gasteiger charge is 2.18. The van der Waals surface area contributed by atoms with Gasteiger partial charge in [-0.05, 0) is 41.9 Å². The van der Waals surface area contributed by atoms with Crippen LogP contribution in [-0.4, -0.2) is 25.2 Å². The molecule has 21 heavy (non-hydrogen) atoms. The minimum atomic E-state index is -0.766. The van der Waals surface area contributed by atoms with Crippen LogP contribution in [0.5, 0.6) is 5.75 Å². The van der Waals surface area contributed by atoms with Gasteiger partial charge in [0, 0.05) is 0 Å². The number of carbonyl (C=O) groups is 2. The molecule has 7 heteroatoms. The number of benzene rings is 1. The van der Waals surface area contributed by atoms with Gasteiger partial charge in [-0.1, -0.05) is 17.7 Å². The van der Waals surface area contributed by atoms with E-state index in [0.29, 0.717) is 9.50 Å². The van der Waals surface area contributed by atoms with Gasteiger partial charge >= 0.3 is 11.9 Å². The fourth-order valence-corrected chi connectivity index (χ4v) is 1.82. The topological polar surface area (TPSA) is 61.8 Å². The van der Waals surface area contributed by atoms with Crippen LogP contribution in [-0.2, 0) is 19.1 Å². The van der Waals surface area contributed by atoms with Crippen LogP contribution in [0.15, 0.2) is 34.5 Å². The fraction of sp³-hybridized carbons (Fsp3) is 0.286. The molecule has 1 aromatic rings. The maximum atomic E-state index is 11.8. The first-order valence-corrected chi connectivity index (χ1v) is 7.34. The Labute approximate surface area is 135 Å². The summed E-state index contributed by atoms with van der Waals surface area (Å²) >= 11 is 9.18. The molecule has 114 valence electrons. The van der Waals surface area contributed by atoms with Crippen molar-refractivity contribution in [2.45, 2.75) is 13.8 Å². The SMILES string of the molecule is CCOC(=O)C=C(Oc1cccc(Cl)c1Br)C(=O)OCC. The molecule has 0 saturated heterocycles. The summed E-state index contributed by atoms with van der Waals surface area (Å²) in [6.45, 7) is 3.64. The van der Waals surface area contributed by atoms with E-state index < -0.39 is 11.9 Å². The molecule has 0 bridgehead atoms. The van der Waals surface area contributed by atoms with Crippen LogP contribution >= 0.6 is 27.5 Å². The molecule has 0 heterocycles. The normalized spacial score (nSPS) is 11.0. The van der Waals surface area contributed by atoms with Crippen LogP contribution in [0, 0.1) is 0 Å². The second kappa shape index (κ2) is 8.69. The molecule has 1 aromatic carbocycles. The molecule has 0 saturated carbocycles. The summed E-state index contributed by atoms with van der Waals surface area (Å²) in [5.74, 6) is -1.46. The van der Waals surface area contributed by atoms with Crippen LogP contribution < -0.4 is 4.74 Å². The Kier molecular flexibility index (Phi) is 7.25. The van der Waals surface area contributed by atoms with Gasteiger partial charge in [-0.15, -0.1) is 0 Å². The molecular formula is C14H14BrClO5. The lowest BCUT2D eigenvalue weighted by Gasteiger charge is -2.11. The van der Waals surface area contributed by atoms with E-state index in [2.05, 4.69) is 15.9 Å².